The fraction of sp³-hybridized carbons (Fsp3) is 0.500. The predicted octanol–water partition coefficient (Wildman–Crippen LogP) is 2.30. The van der Waals surface area contributed by atoms with E-state index in [1.165, 1.54) is 12.8 Å². The van der Waals surface area contributed by atoms with Crippen LogP contribution in [-0.2, 0) is 0 Å². The van der Waals surface area contributed by atoms with E-state index >= 15 is 0 Å². The van der Waals surface area contributed by atoms with E-state index < -0.39 is 0 Å². The maximum atomic E-state index is 8.88. The van der Waals surface area contributed by atoms with Gasteiger partial charge in [-0.15, -0.1) is 0 Å². The van der Waals surface area contributed by atoms with Crippen LogP contribution >= 0.6 is 0 Å². The number of benzene rings is 1. The third kappa shape index (κ3) is 2.34. The van der Waals surface area contributed by atoms with Crippen molar-refractivity contribution in [3.05, 3.63) is 24.3 Å². The highest BCUT2D eigenvalue weighted by Gasteiger charge is 2.30. The first-order valence-electron chi connectivity index (χ1n) is 6.71. The average molecular weight is 245 g/mol. The monoisotopic (exact) mass is 245 g/mol. The Labute approximate surface area is 107 Å². The molecule has 0 saturated heterocycles. The number of aliphatic hydroxyl groups is 1. The Balaban J connectivity index is 1.80. The summed E-state index contributed by atoms with van der Waals surface area (Å²) >= 11 is 0. The molecule has 1 aliphatic carbocycles. The van der Waals surface area contributed by atoms with Crippen LogP contribution in [0, 0.1) is 0 Å². The van der Waals surface area contributed by atoms with E-state index in [1.807, 2.05) is 18.2 Å². The highest BCUT2D eigenvalue weighted by Crippen LogP contribution is 2.31. The average Bonchev–Trinajstić information content (AvgIpc) is 3.13. The van der Waals surface area contributed by atoms with Gasteiger partial charge in [-0.1, -0.05) is 12.1 Å². The summed E-state index contributed by atoms with van der Waals surface area (Å²) < 4.78 is 0. The first-order valence-corrected chi connectivity index (χ1v) is 6.71. The zero-order valence-electron chi connectivity index (χ0n) is 10.5. The Bertz CT molecular complexity index is 485. The number of imidazole rings is 1. The molecule has 96 valence electrons. The molecule has 4 nitrogen and oxygen atoms in total. The lowest BCUT2D eigenvalue weighted by atomic mass is 10.3. The molecule has 1 aromatic carbocycles. The van der Waals surface area contributed by atoms with Crippen molar-refractivity contribution in [2.45, 2.75) is 31.7 Å². The minimum absolute atomic E-state index is 0.276. The summed E-state index contributed by atoms with van der Waals surface area (Å²) in [5.74, 6) is 0.983. The van der Waals surface area contributed by atoms with Crippen LogP contribution in [0.3, 0.4) is 0 Å². The van der Waals surface area contributed by atoms with E-state index in [-0.39, 0.29) is 6.61 Å². The van der Waals surface area contributed by atoms with Gasteiger partial charge in [0.25, 0.3) is 0 Å². The standard InChI is InChI=1S/C14H19N3O/c18-10-4-3-9-17(11-7-8-11)14-15-12-5-1-2-6-13(12)16-14/h1-2,5-6,11,18H,3-4,7-10H2,(H,15,16). The van der Waals surface area contributed by atoms with Crippen LogP contribution in [0.5, 0.6) is 0 Å². The van der Waals surface area contributed by atoms with Crippen LogP contribution < -0.4 is 4.90 Å². The lowest BCUT2D eigenvalue weighted by Gasteiger charge is -2.21. The minimum Gasteiger partial charge on any atom is -0.396 e. The molecule has 0 bridgehead atoms. The number of aromatic amines is 1. The molecule has 1 saturated carbocycles. The maximum absolute atomic E-state index is 8.88. The molecule has 0 amide bonds. The first kappa shape index (κ1) is 11.5. The number of hydrogen-bond acceptors (Lipinski definition) is 3. The third-order valence-corrected chi connectivity index (χ3v) is 3.44. The van der Waals surface area contributed by atoms with Gasteiger partial charge in [0.1, 0.15) is 0 Å². The van der Waals surface area contributed by atoms with Crippen LogP contribution in [-0.4, -0.2) is 34.3 Å². The molecule has 0 aliphatic heterocycles. The number of H-pyrrole nitrogens is 1. The first-order chi connectivity index (χ1) is 8.88. The number of nitrogens with zero attached hydrogens (tertiary/aromatic N) is 2. The number of fused-ring (bicyclic) bond motifs is 1. The molecular weight excluding hydrogens is 226 g/mol. The van der Waals surface area contributed by atoms with E-state index in [1.54, 1.807) is 0 Å². The Kier molecular flexibility index (Phi) is 3.19. The minimum atomic E-state index is 0.276. The number of unbranched alkanes of at least 4 members (excludes halogenated alkanes) is 1. The number of aliphatic hydroxyl groups excluding tert-OH is 1. The summed E-state index contributed by atoms with van der Waals surface area (Å²) in [6.07, 6.45) is 4.40. The van der Waals surface area contributed by atoms with Gasteiger partial charge in [0.2, 0.25) is 5.95 Å². The number of aromatic nitrogens is 2. The number of rotatable bonds is 6. The van der Waals surface area contributed by atoms with Gasteiger partial charge in [0.15, 0.2) is 0 Å². The summed E-state index contributed by atoms with van der Waals surface area (Å²) in [6.45, 7) is 1.25. The molecule has 1 heterocycles. The molecule has 0 spiro atoms. The molecule has 1 aliphatic rings. The summed E-state index contributed by atoms with van der Waals surface area (Å²) in [7, 11) is 0. The molecule has 3 rings (SSSR count). The Morgan fingerprint density at radius 1 is 1.28 bits per heavy atom. The maximum Gasteiger partial charge on any atom is 0.204 e. The van der Waals surface area contributed by atoms with Gasteiger partial charge < -0.3 is 15.0 Å². The number of anilines is 1. The molecule has 1 fully saturated rings. The van der Waals surface area contributed by atoms with Crippen LogP contribution in [0.25, 0.3) is 11.0 Å². The van der Waals surface area contributed by atoms with Crippen LogP contribution in [0.15, 0.2) is 24.3 Å². The second kappa shape index (κ2) is 4.98. The second-order valence-corrected chi connectivity index (χ2v) is 4.93. The predicted molar refractivity (Wildman–Crippen MR) is 72.8 cm³/mol. The number of hydrogen-bond donors (Lipinski definition) is 2. The summed E-state index contributed by atoms with van der Waals surface area (Å²) in [6, 6.07) is 8.78. The molecular formula is C14H19N3O. The lowest BCUT2D eigenvalue weighted by Crippen LogP contribution is -2.28. The van der Waals surface area contributed by atoms with Crippen molar-refractivity contribution in [3.63, 3.8) is 0 Å². The van der Waals surface area contributed by atoms with E-state index in [2.05, 4.69) is 20.9 Å². The summed E-state index contributed by atoms with van der Waals surface area (Å²) in [4.78, 5) is 10.4. The zero-order valence-corrected chi connectivity index (χ0v) is 10.5. The van der Waals surface area contributed by atoms with Gasteiger partial charge >= 0.3 is 0 Å². The summed E-state index contributed by atoms with van der Waals surface area (Å²) in [5, 5.41) is 8.88. The van der Waals surface area contributed by atoms with E-state index in [9.17, 15) is 0 Å². The largest absolute Gasteiger partial charge is 0.396 e. The zero-order chi connectivity index (χ0) is 12.4. The van der Waals surface area contributed by atoms with Crippen molar-refractivity contribution in [2.24, 2.45) is 0 Å². The van der Waals surface area contributed by atoms with Crippen molar-refractivity contribution in [1.29, 1.82) is 0 Å². The van der Waals surface area contributed by atoms with E-state index in [4.69, 9.17) is 5.11 Å². The van der Waals surface area contributed by atoms with Crippen molar-refractivity contribution in [2.75, 3.05) is 18.1 Å². The molecule has 1 aromatic heterocycles. The van der Waals surface area contributed by atoms with E-state index in [0.717, 1.165) is 36.4 Å². The molecule has 0 atom stereocenters. The van der Waals surface area contributed by atoms with Crippen LogP contribution in [0.4, 0.5) is 5.95 Å². The Hall–Kier alpha value is -1.55. The molecule has 0 radical (unpaired) electrons. The quantitative estimate of drug-likeness (QED) is 0.768. The molecule has 2 N–H and O–H groups in total. The van der Waals surface area contributed by atoms with Gasteiger partial charge in [-0.25, -0.2) is 4.98 Å². The normalized spacial score (nSPS) is 15.2. The second-order valence-electron chi connectivity index (χ2n) is 4.93. The molecule has 18 heavy (non-hydrogen) atoms. The Morgan fingerprint density at radius 3 is 2.83 bits per heavy atom. The van der Waals surface area contributed by atoms with Gasteiger partial charge in [-0.3, -0.25) is 0 Å². The Morgan fingerprint density at radius 2 is 2.11 bits per heavy atom. The van der Waals surface area contributed by atoms with Gasteiger partial charge in [-0.05, 0) is 37.8 Å². The van der Waals surface area contributed by atoms with Crippen LogP contribution in [0.2, 0.25) is 0 Å². The van der Waals surface area contributed by atoms with E-state index in [0.29, 0.717) is 6.04 Å². The number of nitrogens with one attached hydrogen (secondary N) is 1. The highest BCUT2D eigenvalue weighted by molar-refractivity contribution is 5.77. The third-order valence-electron chi connectivity index (χ3n) is 3.44. The van der Waals surface area contributed by atoms with Gasteiger partial charge in [0, 0.05) is 19.2 Å². The van der Waals surface area contributed by atoms with Crippen molar-refractivity contribution < 1.29 is 5.11 Å². The fourth-order valence-corrected chi connectivity index (χ4v) is 2.32. The molecule has 2 aromatic rings. The number of para-hydroxylation sites is 2. The fourth-order valence-electron chi connectivity index (χ4n) is 2.32. The lowest BCUT2D eigenvalue weighted by molar-refractivity contribution is 0.285. The highest BCUT2D eigenvalue weighted by atomic mass is 16.2. The van der Waals surface area contributed by atoms with Crippen molar-refractivity contribution in [1.82, 2.24) is 9.97 Å². The van der Waals surface area contributed by atoms with Gasteiger partial charge in [0.05, 0.1) is 11.0 Å². The van der Waals surface area contributed by atoms with Crippen LogP contribution in [0.1, 0.15) is 25.7 Å². The van der Waals surface area contributed by atoms with Crippen molar-refractivity contribution in [3.8, 4) is 0 Å². The smallest absolute Gasteiger partial charge is 0.204 e. The molecule has 0 unspecified atom stereocenters. The topological polar surface area (TPSA) is 52.1 Å². The summed E-state index contributed by atoms with van der Waals surface area (Å²) in [5.41, 5.74) is 2.13. The SMILES string of the molecule is OCCCCN(c1nc2ccccc2[nH]1)C1CC1. The van der Waals surface area contributed by atoms with Crippen molar-refractivity contribution >= 4 is 17.0 Å². The van der Waals surface area contributed by atoms with Gasteiger partial charge in [-0.2, -0.15) is 0 Å². The molecule has 4 heteroatoms.